The average Bonchev–Trinajstić information content (AvgIpc) is 3.05. The first-order chi connectivity index (χ1) is 22.1. The zero-order valence-corrected chi connectivity index (χ0v) is 27.1. The maximum absolute atomic E-state index is 13.0. The molecule has 3 N–H and O–H groups in total. The number of nitrogens with two attached hydrogens (primary N) is 1. The third-order valence-corrected chi connectivity index (χ3v) is 10.3. The molecule has 1 amide bonds. The van der Waals surface area contributed by atoms with E-state index in [1.165, 1.54) is 24.3 Å². The van der Waals surface area contributed by atoms with Crippen LogP contribution in [0.1, 0.15) is 21.5 Å². The zero-order chi connectivity index (χ0) is 32.6. The van der Waals surface area contributed by atoms with Crippen molar-refractivity contribution in [1.82, 2.24) is 14.6 Å². The summed E-state index contributed by atoms with van der Waals surface area (Å²) < 4.78 is 51.6. The lowest BCUT2D eigenvalue weighted by molar-refractivity contribution is 0.0981. The van der Waals surface area contributed by atoms with Crippen LogP contribution >= 0.6 is 11.8 Å². The molecule has 0 saturated carbocycles. The van der Waals surface area contributed by atoms with Crippen molar-refractivity contribution in [3.63, 3.8) is 0 Å². The highest BCUT2D eigenvalue weighted by Crippen LogP contribution is 2.21. The zero-order valence-electron chi connectivity index (χ0n) is 24.7. The first kappa shape index (κ1) is 33.0. The van der Waals surface area contributed by atoms with E-state index < -0.39 is 26.0 Å². The summed E-state index contributed by atoms with van der Waals surface area (Å²) in [5, 5.41) is 5.25. The predicted octanol–water partition coefficient (Wildman–Crippen LogP) is 5.31. The van der Waals surface area contributed by atoms with Crippen LogP contribution in [0.2, 0.25) is 0 Å². The Bertz CT molecular complexity index is 1970. The molecule has 236 valence electrons. The van der Waals surface area contributed by atoms with E-state index in [0.717, 1.165) is 33.0 Å². The van der Waals surface area contributed by atoms with Crippen molar-refractivity contribution in [3.05, 3.63) is 144 Å². The minimum Gasteiger partial charge on any atom is -0.294 e. The van der Waals surface area contributed by atoms with E-state index in [4.69, 9.17) is 5.14 Å². The summed E-state index contributed by atoms with van der Waals surface area (Å²) in [4.78, 5) is 20.4. The second kappa shape index (κ2) is 14.8. The Hall–Kier alpha value is -4.33. The Kier molecular flexibility index (Phi) is 10.7. The molecule has 0 aliphatic rings. The summed E-state index contributed by atoms with van der Waals surface area (Å²) in [6.45, 7) is 1.77. The first-order valence-corrected chi connectivity index (χ1v) is 18.3. The van der Waals surface area contributed by atoms with Crippen LogP contribution in [0.4, 0.5) is 0 Å². The highest BCUT2D eigenvalue weighted by atomic mass is 32.2. The van der Waals surface area contributed by atoms with Crippen LogP contribution in [0.5, 0.6) is 0 Å². The molecule has 0 aliphatic heterocycles. The van der Waals surface area contributed by atoms with Gasteiger partial charge in [-0.1, -0.05) is 60.7 Å². The summed E-state index contributed by atoms with van der Waals surface area (Å²) >= 11 is 1.72. The van der Waals surface area contributed by atoms with E-state index >= 15 is 0 Å². The number of amides is 1. The average molecular weight is 673 g/mol. The molecule has 5 aromatic rings. The van der Waals surface area contributed by atoms with E-state index in [1.807, 2.05) is 36.4 Å². The molecule has 0 atom stereocenters. The van der Waals surface area contributed by atoms with E-state index in [1.54, 1.807) is 66.5 Å². The van der Waals surface area contributed by atoms with Crippen molar-refractivity contribution >= 4 is 37.7 Å². The van der Waals surface area contributed by atoms with Gasteiger partial charge in [0.1, 0.15) is 0 Å². The Morgan fingerprint density at radius 3 is 1.87 bits per heavy atom. The van der Waals surface area contributed by atoms with Crippen LogP contribution in [0.25, 0.3) is 11.3 Å². The number of carbonyl (C=O) groups excluding carboxylic acids is 1. The second-order valence-corrected chi connectivity index (χ2v) is 14.8. The second-order valence-electron chi connectivity index (χ2n) is 10.4. The summed E-state index contributed by atoms with van der Waals surface area (Å²) in [5.74, 6) is 0.0767. The van der Waals surface area contributed by atoms with Gasteiger partial charge in [0.05, 0.1) is 15.5 Å². The van der Waals surface area contributed by atoms with Crippen molar-refractivity contribution in [2.45, 2.75) is 27.8 Å². The van der Waals surface area contributed by atoms with Gasteiger partial charge in [0.15, 0.2) is 0 Å². The molecule has 0 spiro atoms. The van der Waals surface area contributed by atoms with Crippen molar-refractivity contribution in [2.75, 3.05) is 12.3 Å². The van der Waals surface area contributed by atoms with Crippen LogP contribution in [0.3, 0.4) is 0 Å². The number of primary sulfonamides is 1. The minimum atomic E-state index is -4.11. The normalized spacial score (nSPS) is 11.8. The molecule has 0 fully saturated rings. The van der Waals surface area contributed by atoms with Crippen LogP contribution in [-0.4, -0.2) is 44.9 Å². The van der Waals surface area contributed by atoms with Gasteiger partial charge in [-0.15, -0.1) is 11.8 Å². The number of pyridine rings is 1. The van der Waals surface area contributed by atoms with Crippen molar-refractivity contribution in [3.8, 4) is 11.3 Å². The first-order valence-electron chi connectivity index (χ1n) is 14.3. The molecule has 0 radical (unpaired) electrons. The number of benzene rings is 4. The molecule has 0 unspecified atom stereocenters. The van der Waals surface area contributed by atoms with Gasteiger partial charge in [0, 0.05) is 47.6 Å². The van der Waals surface area contributed by atoms with Crippen molar-refractivity contribution in [1.29, 1.82) is 0 Å². The number of hydrogen-bond donors (Lipinski definition) is 2. The SMILES string of the molecule is NS(=O)(=O)c1ccc(CN(CCSc2ccccc2)Cc2ccc(S(=O)(=O)NC(=O)c3ccc(-c4ccccn4)cc3)cc2)cc1. The quantitative estimate of drug-likeness (QED) is 0.161. The summed E-state index contributed by atoms with van der Waals surface area (Å²) in [6, 6.07) is 35.0. The Labute approximate surface area is 273 Å². The fourth-order valence-corrected chi connectivity index (χ4v) is 7.09. The molecule has 5 rings (SSSR count). The molecule has 9 nitrogen and oxygen atoms in total. The van der Waals surface area contributed by atoms with Crippen LogP contribution in [0.15, 0.2) is 142 Å². The molecule has 0 saturated heterocycles. The molecular formula is C34H32N4O5S3. The molecule has 0 aliphatic carbocycles. The molecule has 0 bridgehead atoms. The smallest absolute Gasteiger partial charge is 0.264 e. The van der Waals surface area contributed by atoms with Crippen molar-refractivity contribution < 1.29 is 21.6 Å². The summed E-state index contributed by atoms with van der Waals surface area (Å²) in [7, 11) is -7.90. The van der Waals surface area contributed by atoms with Gasteiger partial charge >= 0.3 is 0 Å². The third kappa shape index (κ3) is 9.12. The topological polar surface area (TPSA) is 140 Å². The monoisotopic (exact) mass is 672 g/mol. The fraction of sp³-hybridized carbons (Fsp3) is 0.118. The molecule has 4 aromatic carbocycles. The lowest BCUT2D eigenvalue weighted by Gasteiger charge is -2.23. The minimum absolute atomic E-state index is 0.0283. The maximum atomic E-state index is 13.0. The number of hydrogen-bond acceptors (Lipinski definition) is 8. The van der Waals surface area contributed by atoms with Crippen molar-refractivity contribution in [2.24, 2.45) is 5.14 Å². The van der Waals surface area contributed by atoms with Gasteiger partial charge in [0.25, 0.3) is 15.9 Å². The molecular weight excluding hydrogens is 641 g/mol. The number of carbonyl (C=O) groups is 1. The molecule has 1 aromatic heterocycles. The largest absolute Gasteiger partial charge is 0.294 e. The highest BCUT2D eigenvalue weighted by Gasteiger charge is 2.19. The standard InChI is InChI=1S/C34H32N4O5S3/c35-45(40,41)31-17-9-26(10-18-31)24-38(22-23-44-30-6-2-1-3-7-30)25-27-11-19-32(20-12-27)46(42,43)37-34(39)29-15-13-28(14-16-29)33-8-4-5-21-36-33/h1-21H,22-25H2,(H,37,39)(H2,35,40,41). The van der Waals surface area contributed by atoms with Gasteiger partial charge < -0.3 is 0 Å². The third-order valence-electron chi connectivity index (χ3n) is 7.05. The number of nitrogens with zero attached hydrogens (tertiary/aromatic N) is 2. The van der Waals surface area contributed by atoms with Crippen LogP contribution in [0, 0.1) is 0 Å². The van der Waals surface area contributed by atoms with Gasteiger partial charge in [0.2, 0.25) is 10.0 Å². The number of rotatable bonds is 13. The number of thioether (sulfide) groups is 1. The van der Waals surface area contributed by atoms with Gasteiger partial charge in [-0.05, 0) is 71.8 Å². The van der Waals surface area contributed by atoms with E-state index in [9.17, 15) is 21.6 Å². The highest BCUT2D eigenvalue weighted by molar-refractivity contribution is 7.99. The van der Waals surface area contributed by atoms with Crippen LogP contribution < -0.4 is 9.86 Å². The van der Waals surface area contributed by atoms with Gasteiger partial charge in [-0.2, -0.15) is 0 Å². The number of nitrogens with one attached hydrogen (secondary N) is 1. The lowest BCUT2D eigenvalue weighted by atomic mass is 10.1. The Balaban J connectivity index is 1.25. The predicted molar refractivity (Wildman–Crippen MR) is 180 cm³/mol. The fourth-order valence-electron chi connectivity index (χ4n) is 4.66. The van der Waals surface area contributed by atoms with E-state index in [0.29, 0.717) is 19.6 Å². The van der Waals surface area contributed by atoms with Crippen LogP contribution in [-0.2, 0) is 33.1 Å². The maximum Gasteiger partial charge on any atom is 0.264 e. The van der Waals surface area contributed by atoms with E-state index in [-0.39, 0.29) is 15.4 Å². The Morgan fingerprint density at radius 1 is 0.717 bits per heavy atom. The number of sulfonamides is 2. The number of aromatic nitrogens is 1. The lowest BCUT2D eigenvalue weighted by Crippen LogP contribution is -2.30. The Morgan fingerprint density at radius 2 is 1.30 bits per heavy atom. The molecule has 46 heavy (non-hydrogen) atoms. The summed E-state index contributed by atoms with van der Waals surface area (Å²) in [5.41, 5.74) is 3.55. The van der Waals surface area contributed by atoms with E-state index in [2.05, 4.69) is 26.7 Å². The summed E-state index contributed by atoms with van der Waals surface area (Å²) in [6.07, 6.45) is 1.67. The molecule has 12 heteroatoms. The van der Waals surface area contributed by atoms with Gasteiger partial charge in [-0.25, -0.2) is 26.7 Å². The van der Waals surface area contributed by atoms with Gasteiger partial charge in [-0.3, -0.25) is 14.7 Å². The molecule has 1 heterocycles.